The maximum atomic E-state index is 12.0. The van der Waals surface area contributed by atoms with Gasteiger partial charge in [-0.1, -0.05) is 6.92 Å². The van der Waals surface area contributed by atoms with Crippen LogP contribution in [-0.2, 0) is 4.79 Å². The lowest BCUT2D eigenvalue weighted by atomic mass is 9.93. The maximum absolute atomic E-state index is 12.0. The molecule has 0 aromatic heterocycles. The highest BCUT2D eigenvalue weighted by Crippen LogP contribution is 2.25. The lowest BCUT2D eigenvalue weighted by molar-refractivity contribution is -0.132. The van der Waals surface area contributed by atoms with Crippen molar-refractivity contribution in [2.75, 3.05) is 6.54 Å². The highest BCUT2D eigenvalue weighted by Gasteiger charge is 2.35. The highest BCUT2D eigenvalue weighted by atomic mass is 16.2. The van der Waals surface area contributed by atoms with Gasteiger partial charge in [0.1, 0.15) is 0 Å². The van der Waals surface area contributed by atoms with Crippen molar-refractivity contribution in [3.63, 3.8) is 0 Å². The molecule has 4 heteroatoms. The van der Waals surface area contributed by atoms with Gasteiger partial charge in [-0.15, -0.1) is 0 Å². The first-order valence-corrected chi connectivity index (χ1v) is 5.25. The molecule has 1 saturated heterocycles. The van der Waals surface area contributed by atoms with E-state index in [1.807, 2.05) is 18.7 Å². The minimum Gasteiger partial charge on any atom is -0.404 e. The van der Waals surface area contributed by atoms with Gasteiger partial charge in [0, 0.05) is 30.4 Å². The number of nitrogens with two attached hydrogens (primary N) is 1. The van der Waals surface area contributed by atoms with Crippen LogP contribution in [0, 0.1) is 5.41 Å². The summed E-state index contributed by atoms with van der Waals surface area (Å²) in [6.07, 6.45) is 2.74. The molecule has 0 unspecified atom stereocenters. The number of rotatable bonds is 2. The van der Waals surface area contributed by atoms with Gasteiger partial charge in [0.15, 0.2) is 0 Å². The van der Waals surface area contributed by atoms with Crippen LogP contribution in [0.15, 0.2) is 11.8 Å². The minimum absolute atomic E-state index is 0.111. The molecule has 0 aromatic rings. The first kappa shape index (κ1) is 11.8. The topological polar surface area (TPSA) is 70.2 Å². The zero-order valence-electron chi connectivity index (χ0n) is 9.63. The Morgan fingerprint density at radius 3 is 2.67 bits per heavy atom. The lowest BCUT2D eigenvalue weighted by Crippen LogP contribution is -2.52. The van der Waals surface area contributed by atoms with Crippen LogP contribution in [-0.4, -0.2) is 28.6 Å². The summed E-state index contributed by atoms with van der Waals surface area (Å²) in [6.45, 7) is 6.75. The summed E-state index contributed by atoms with van der Waals surface area (Å²) in [5, 5.41) is 7.63. The van der Waals surface area contributed by atoms with E-state index in [2.05, 4.69) is 6.92 Å². The van der Waals surface area contributed by atoms with Gasteiger partial charge in [0.05, 0.1) is 5.57 Å². The van der Waals surface area contributed by atoms with Crippen molar-refractivity contribution in [1.29, 1.82) is 5.41 Å². The quantitative estimate of drug-likeness (QED) is 0.672. The van der Waals surface area contributed by atoms with Gasteiger partial charge in [-0.3, -0.25) is 4.79 Å². The summed E-state index contributed by atoms with van der Waals surface area (Å²) < 4.78 is 0. The second-order valence-corrected chi connectivity index (χ2v) is 4.43. The normalized spacial score (nSPS) is 21.3. The molecule has 15 heavy (non-hydrogen) atoms. The number of carbonyl (C=O) groups excluding carboxylic acids is 1. The van der Waals surface area contributed by atoms with Gasteiger partial charge in [0.25, 0.3) is 5.91 Å². The van der Waals surface area contributed by atoms with E-state index in [-0.39, 0.29) is 11.4 Å². The molecular formula is C11H19N3O. The highest BCUT2D eigenvalue weighted by molar-refractivity contribution is 6.22. The second kappa shape index (κ2) is 4.04. The predicted octanol–water partition coefficient (Wildman–Crippen LogP) is 1.27. The molecular weight excluding hydrogens is 190 g/mol. The first-order chi connectivity index (χ1) is 6.94. The van der Waals surface area contributed by atoms with Crippen LogP contribution in [0.3, 0.4) is 0 Å². The molecule has 1 amide bonds. The van der Waals surface area contributed by atoms with Crippen molar-refractivity contribution in [3.8, 4) is 0 Å². The monoisotopic (exact) mass is 209 g/mol. The standard InChI is InChI=1S/C11H19N3O/c1-4-11(2,3)14-6-5-9(13)8(7-12)10(14)15/h7,13H,4-6,12H2,1-3H3/b8-7+,13-9?. The molecule has 3 N–H and O–H groups in total. The third-order valence-corrected chi connectivity index (χ3v) is 3.15. The summed E-state index contributed by atoms with van der Waals surface area (Å²) in [6, 6.07) is 0. The fraction of sp³-hybridized carbons (Fsp3) is 0.636. The van der Waals surface area contributed by atoms with Crippen LogP contribution < -0.4 is 5.73 Å². The Morgan fingerprint density at radius 1 is 1.60 bits per heavy atom. The smallest absolute Gasteiger partial charge is 0.257 e. The van der Waals surface area contributed by atoms with Crippen LogP contribution in [0.2, 0.25) is 0 Å². The average Bonchev–Trinajstić information content (AvgIpc) is 2.18. The van der Waals surface area contributed by atoms with E-state index >= 15 is 0 Å². The van der Waals surface area contributed by atoms with Gasteiger partial charge < -0.3 is 16.0 Å². The lowest BCUT2D eigenvalue weighted by Gasteiger charge is -2.41. The Bertz CT molecular complexity index is 318. The molecule has 0 aliphatic carbocycles. The molecule has 0 bridgehead atoms. The Hall–Kier alpha value is -1.32. The molecule has 0 atom stereocenters. The Labute approximate surface area is 90.6 Å². The van der Waals surface area contributed by atoms with Gasteiger partial charge in [-0.25, -0.2) is 0 Å². The van der Waals surface area contributed by atoms with Crippen molar-refractivity contribution in [2.24, 2.45) is 5.73 Å². The Balaban J connectivity index is 2.97. The summed E-state index contributed by atoms with van der Waals surface area (Å²) in [7, 11) is 0. The number of nitrogens with zero attached hydrogens (tertiary/aromatic N) is 1. The predicted molar refractivity (Wildman–Crippen MR) is 60.7 cm³/mol. The number of likely N-dealkylation sites (tertiary alicyclic amines) is 1. The van der Waals surface area contributed by atoms with Gasteiger partial charge in [-0.2, -0.15) is 0 Å². The average molecular weight is 209 g/mol. The third kappa shape index (κ3) is 2.03. The number of piperidine rings is 1. The van der Waals surface area contributed by atoms with Gasteiger partial charge in [-0.05, 0) is 20.3 Å². The largest absolute Gasteiger partial charge is 0.404 e. The number of hydrogen-bond donors (Lipinski definition) is 2. The van der Waals surface area contributed by atoms with E-state index in [1.165, 1.54) is 6.20 Å². The molecule has 1 heterocycles. The van der Waals surface area contributed by atoms with Crippen LogP contribution in [0.25, 0.3) is 0 Å². The van der Waals surface area contributed by atoms with Crippen LogP contribution in [0.5, 0.6) is 0 Å². The SMILES string of the molecule is CCC(C)(C)N1CCC(=N)/C(=C\N)C1=O. The van der Waals surface area contributed by atoms with E-state index in [0.29, 0.717) is 24.3 Å². The van der Waals surface area contributed by atoms with Crippen LogP contribution >= 0.6 is 0 Å². The molecule has 0 radical (unpaired) electrons. The summed E-state index contributed by atoms with van der Waals surface area (Å²) in [4.78, 5) is 13.8. The number of hydrogen-bond acceptors (Lipinski definition) is 3. The Kier molecular flexibility index (Phi) is 3.17. The maximum Gasteiger partial charge on any atom is 0.257 e. The third-order valence-electron chi connectivity index (χ3n) is 3.15. The molecule has 0 aromatic carbocycles. The van der Waals surface area contributed by atoms with Gasteiger partial charge >= 0.3 is 0 Å². The first-order valence-electron chi connectivity index (χ1n) is 5.25. The molecule has 84 valence electrons. The van der Waals surface area contributed by atoms with Gasteiger partial charge in [0.2, 0.25) is 0 Å². The number of nitrogens with one attached hydrogen (secondary N) is 1. The summed E-state index contributed by atoms with van der Waals surface area (Å²) in [5.74, 6) is -0.111. The molecule has 0 saturated carbocycles. The number of carbonyl (C=O) groups is 1. The molecule has 1 aliphatic heterocycles. The molecule has 4 nitrogen and oxygen atoms in total. The fourth-order valence-electron chi connectivity index (χ4n) is 1.67. The fourth-order valence-corrected chi connectivity index (χ4v) is 1.67. The molecule has 0 spiro atoms. The zero-order chi connectivity index (χ0) is 11.6. The number of amides is 1. The van der Waals surface area contributed by atoms with Crippen molar-refractivity contribution in [2.45, 2.75) is 39.2 Å². The van der Waals surface area contributed by atoms with E-state index in [9.17, 15) is 4.79 Å². The van der Waals surface area contributed by atoms with Crippen LogP contribution in [0.4, 0.5) is 0 Å². The van der Waals surface area contributed by atoms with E-state index in [0.717, 1.165) is 6.42 Å². The summed E-state index contributed by atoms with van der Waals surface area (Å²) >= 11 is 0. The van der Waals surface area contributed by atoms with E-state index in [4.69, 9.17) is 11.1 Å². The van der Waals surface area contributed by atoms with Crippen molar-refractivity contribution < 1.29 is 4.79 Å². The minimum atomic E-state index is -0.161. The molecule has 1 aliphatic rings. The zero-order valence-corrected chi connectivity index (χ0v) is 9.63. The van der Waals surface area contributed by atoms with Crippen LogP contribution in [0.1, 0.15) is 33.6 Å². The van der Waals surface area contributed by atoms with Crippen molar-refractivity contribution in [1.82, 2.24) is 4.90 Å². The van der Waals surface area contributed by atoms with Crippen molar-refractivity contribution >= 4 is 11.6 Å². The molecule has 1 fully saturated rings. The summed E-state index contributed by atoms with van der Waals surface area (Å²) in [5.41, 5.74) is 5.92. The van der Waals surface area contributed by atoms with E-state index in [1.54, 1.807) is 0 Å². The van der Waals surface area contributed by atoms with E-state index < -0.39 is 0 Å². The van der Waals surface area contributed by atoms with Crippen molar-refractivity contribution in [3.05, 3.63) is 11.8 Å². The second-order valence-electron chi connectivity index (χ2n) is 4.43. The molecule has 1 rings (SSSR count). The Morgan fingerprint density at radius 2 is 2.20 bits per heavy atom.